The molecule has 0 bridgehead atoms. The summed E-state index contributed by atoms with van der Waals surface area (Å²) in [6.45, 7) is -0.233. The van der Waals surface area contributed by atoms with Gasteiger partial charge in [0.05, 0.1) is 0 Å². The van der Waals surface area contributed by atoms with Gasteiger partial charge in [-0.25, -0.2) is 4.39 Å². The summed E-state index contributed by atoms with van der Waals surface area (Å²) in [5.74, 6) is 6.51. The van der Waals surface area contributed by atoms with Gasteiger partial charge in [0.15, 0.2) is 0 Å². The van der Waals surface area contributed by atoms with E-state index in [4.69, 9.17) is 16.7 Å². The van der Waals surface area contributed by atoms with Crippen molar-refractivity contribution < 1.29 is 9.50 Å². The molecule has 0 saturated carbocycles. The second kappa shape index (κ2) is 8.09. The monoisotopic (exact) mass is 320 g/mol. The lowest BCUT2D eigenvalue weighted by Crippen LogP contribution is -1.91. The Labute approximate surface area is 133 Å². The topological polar surface area (TPSA) is 20.2 Å². The molecule has 2 aromatic rings. The van der Waals surface area contributed by atoms with Crippen molar-refractivity contribution in [3.05, 3.63) is 70.0 Å². The minimum atomic E-state index is -0.322. The molecular formula is C17H14ClFOS. The van der Waals surface area contributed by atoms with Crippen LogP contribution in [0.2, 0.25) is 5.02 Å². The zero-order valence-corrected chi connectivity index (χ0v) is 12.8. The Kier molecular flexibility index (Phi) is 6.13. The smallest absolute Gasteiger partial charge is 0.124 e. The van der Waals surface area contributed by atoms with E-state index >= 15 is 0 Å². The van der Waals surface area contributed by atoms with Gasteiger partial charge in [-0.3, -0.25) is 0 Å². The van der Waals surface area contributed by atoms with E-state index in [1.54, 1.807) is 17.8 Å². The van der Waals surface area contributed by atoms with Gasteiger partial charge in [0, 0.05) is 22.1 Å². The number of hydrogen-bond acceptors (Lipinski definition) is 2. The molecule has 0 aliphatic rings. The number of hydrogen-bond donors (Lipinski definition) is 1. The van der Waals surface area contributed by atoms with E-state index in [1.807, 2.05) is 24.3 Å². The van der Waals surface area contributed by atoms with Gasteiger partial charge >= 0.3 is 0 Å². The van der Waals surface area contributed by atoms with E-state index in [1.165, 1.54) is 12.1 Å². The van der Waals surface area contributed by atoms with E-state index in [9.17, 15) is 4.39 Å². The molecule has 1 nitrogen and oxygen atoms in total. The van der Waals surface area contributed by atoms with Crippen LogP contribution in [0.1, 0.15) is 16.7 Å². The second-order valence-electron chi connectivity index (χ2n) is 4.35. The van der Waals surface area contributed by atoms with Crippen molar-refractivity contribution in [1.29, 1.82) is 0 Å². The third-order valence-corrected chi connectivity index (χ3v) is 4.25. The highest BCUT2D eigenvalue weighted by Crippen LogP contribution is 2.24. The van der Waals surface area contributed by atoms with Gasteiger partial charge in [-0.15, -0.1) is 0 Å². The summed E-state index contributed by atoms with van der Waals surface area (Å²) in [6.07, 6.45) is 0. The van der Waals surface area contributed by atoms with Crippen molar-refractivity contribution >= 4 is 23.4 Å². The van der Waals surface area contributed by atoms with Crippen molar-refractivity contribution in [2.45, 2.75) is 11.5 Å². The Bertz CT molecular complexity index is 676. The molecule has 4 heteroatoms. The van der Waals surface area contributed by atoms with E-state index in [0.717, 1.165) is 21.9 Å². The molecular weight excluding hydrogens is 307 g/mol. The molecule has 0 saturated heterocycles. The minimum Gasteiger partial charge on any atom is -0.384 e. The van der Waals surface area contributed by atoms with Crippen molar-refractivity contribution in [2.24, 2.45) is 0 Å². The SMILES string of the molecule is OCC#Cc1cc(F)ccc1CSCc1ccccc1Cl. The zero-order valence-electron chi connectivity index (χ0n) is 11.3. The van der Waals surface area contributed by atoms with E-state index in [-0.39, 0.29) is 12.4 Å². The van der Waals surface area contributed by atoms with Gasteiger partial charge in [-0.2, -0.15) is 11.8 Å². The third kappa shape index (κ3) is 4.78. The maximum Gasteiger partial charge on any atom is 0.124 e. The van der Waals surface area contributed by atoms with Gasteiger partial charge < -0.3 is 5.11 Å². The molecule has 2 aromatic carbocycles. The fourth-order valence-electron chi connectivity index (χ4n) is 1.81. The number of halogens is 2. The Morgan fingerprint density at radius 1 is 1.10 bits per heavy atom. The van der Waals surface area contributed by atoms with E-state index in [2.05, 4.69) is 11.8 Å². The molecule has 0 aromatic heterocycles. The van der Waals surface area contributed by atoms with Gasteiger partial charge in [-0.05, 0) is 29.3 Å². The summed E-state index contributed by atoms with van der Waals surface area (Å²) in [5, 5.41) is 9.51. The normalized spacial score (nSPS) is 10.0. The summed E-state index contributed by atoms with van der Waals surface area (Å²) >= 11 is 7.80. The average molecular weight is 321 g/mol. The highest BCUT2D eigenvalue weighted by Gasteiger charge is 2.04. The van der Waals surface area contributed by atoms with Gasteiger partial charge in [0.25, 0.3) is 0 Å². The first kappa shape index (κ1) is 15.9. The maximum absolute atomic E-state index is 13.3. The van der Waals surface area contributed by atoms with Gasteiger partial charge in [0.1, 0.15) is 12.4 Å². The van der Waals surface area contributed by atoms with Crippen molar-refractivity contribution in [3.63, 3.8) is 0 Å². The lowest BCUT2D eigenvalue weighted by atomic mass is 10.1. The fourth-order valence-corrected chi connectivity index (χ4v) is 3.14. The zero-order chi connectivity index (χ0) is 15.1. The first-order valence-corrected chi connectivity index (χ1v) is 7.93. The molecule has 0 amide bonds. The van der Waals surface area contributed by atoms with Crippen molar-refractivity contribution in [3.8, 4) is 11.8 Å². The van der Waals surface area contributed by atoms with E-state index in [0.29, 0.717) is 11.3 Å². The summed E-state index contributed by atoms with van der Waals surface area (Å²) in [6, 6.07) is 12.3. The van der Waals surface area contributed by atoms with Crippen LogP contribution in [-0.2, 0) is 11.5 Å². The predicted octanol–water partition coefficient (Wildman–Crippen LogP) is 4.26. The third-order valence-electron chi connectivity index (χ3n) is 2.85. The largest absolute Gasteiger partial charge is 0.384 e. The van der Waals surface area contributed by atoms with Crippen molar-refractivity contribution in [2.75, 3.05) is 6.61 Å². The van der Waals surface area contributed by atoms with Crippen LogP contribution in [0, 0.1) is 17.7 Å². The summed E-state index contributed by atoms with van der Waals surface area (Å²) in [4.78, 5) is 0. The highest BCUT2D eigenvalue weighted by molar-refractivity contribution is 7.97. The van der Waals surface area contributed by atoms with Crippen LogP contribution in [0.3, 0.4) is 0 Å². The summed E-state index contributed by atoms with van der Waals surface area (Å²) < 4.78 is 13.3. The van der Waals surface area contributed by atoms with E-state index < -0.39 is 0 Å². The van der Waals surface area contributed by atoms with Crippen LogP contribution in [-0.4, -0.2) is 11.7 Å². The van der Waals surface area contributed by atoms with Crippen LogP contribution in [0.25, 0.3) is 0 Å². The number of aliphatic hydroxyl groups is 1. The van der Waals surface area contributed by atoms with Crippen LogP contribution in [0.15, 0.2) is 42.5 Å². The molecule has 0 aliphatic carbocycles. The Morgan fingerprint density at radius 2 is 1.86 bits per heavy atom. The summed E-state index contributed by atoms with van der Waals surface area (Å²) in [7, 11) is 0. The molecule has 1 N–H and O–H groups in total. The molecule has 0 unspecified atom stereocenters. The van der Waals surface area contributed by atoms with Crippen molar-refractivity contribution in [1.82, 2.24) is 0 Å². The van der Waals surface area contributed by atoms with Crippen LogP contribution in [0.5, 0.6) is 0 Å². The fraction of sp³-hybridized carbons (Fsp3) is 0.176. The number of aliphatic hydroxyl groups excluding tert-OH is 1. The molecule has 108 valence electrons. The predicted molar refractivity (Wildman–Crippen MR) is 86.8 cm³/mol. The number of rotatable bonds is 4. The van der Waals surface area contributed by atoms with Crippen LogP contribution < -0.4 is 0 Å². The molecule has 0 aliphatic heterocycles. The Balaban J connectivity index is 2.05. The van der Waals surface area contributed by atoms with Gasteiger partial charge in [-0.1, -0.05) is 47.7 Å². The minimum absolute atomic E-state index is 0.233. The summed E-state index contributed by atoms with van der Waals surface area (Å²) in [5.41, 5.74) is 2.65. The first-order valence-electron chi connectivity index (χ1n) is 6.40. The first-order chi connectivity index (χ1) is 10.2. The molecule has 0 fully saturated rings. The average Bonchev–Trinajstić information content (AvgIpc) is 2.49. The molecule has 2 rings (SSSR count). The molecule has 21 heavy (non-hydrogen) atoms. The lowest BCUT2D eigenvalue weighted by molar-refractivity contribution is 0.350. The molecule has 0 spiro atoms. The van der Waals surface area contributed by atoms with Crippen LogP contribution in [0.4, 0.5) is 4.39 Å². The number of benzene rings is 2. The Hall–Kier alpha value is -1.47. The van der Waals surface area contributed by atoms with Gasteiger partial charge in [0.2, 0.25) is 0 Å². The standard InChI is InChI=1S/C17H14ClFOS/c18-17-6-2-1-4-15(17)12-21-11-14-7-8-16(19)10-13(14)5-3-9-20/h1-2,4,6-8,10,20H,9,11-12H2. The highest BCUT2D eigenvalue weighted by atomic mass is 35.5. The quantitative estimate of drug-likeness (QED) is 0.850. The Morgan fingerprint density at radius 3 is 2.62 bits per heavy atom. The molecule has 0 radical (unpaired) electrons. The second-order valence-corrected chi connectivity index (χ2v) is 5.74. The molecule has 0 atom stereocenters. The maximum atomic E-state index is 13.3. The molecule has 0 heterocycles. The lowest BCUT2D eigenvalue weighted by Gasteiger charge is -2.06. The number of thioether (sulfide) groups is 1. The van der Waals surface area contributed by atoms with Crippen LogP contribution >= 0.6 is 23.4 Å².